The van der Waals surface area contributed by atoms with Crippen molar-refractivity contribution in [2.45, 2.75) is 0 Å². The van der Waals surface area contributed by atoms with Crippen LogP contribution in [0.3, 0.4) is 0 Å². The van der Waals surface area contributed by atoms with Gasteiger partial charge in [-0.15, -0.1) is 0 Å². The molecule has 2 nitrogen and oxygen atoms in total. The second-order valence-corrected chi connectivity index (χ2v) is 5.45. The van der Waals surface area contributed by atoms with Crippen molar-refractivity contribution in [1.29, 1.82) is 0 Å². The lowest BCUT2D eigenvalue weighted by molar-refractivity contribution is 0.638. The normalized spacial score (nSPS) is 11.1. The van der Waals surface area contributed by atoms with Gasteiger partial charge in [0.2, 0.25) is 0 Å². The van der Waals surface area contributed by atoms with Gasteiger partial charge < -0.3 is 0 Å². The van der Waals surface area contributed by atoms with E-state index < -0.39 is 0 Å². The van der Waals surface area contributed by atoms with Crippen LogP contribution in [-0.4, -0.2) is 8.96 Å². The Morgan fingerprint density at radius 3 is 3.00 bits per heavy atom. The maximum absolute atomic E-state index is 13.5. The Morgan fingerprint density at radius 1 is 1.64 bits per heavy atom. The molecule has 14 heavy (non-hydrogen) atoms. The molecule has 0 aliphatic heterocycles. The van der Waals surface area contributed by atoms with Gasteiger partial charge in [0.05, 0.1) is 5.39 Å². The second kappa shape index (κ2) is 4.15. The van der Waals surface area contributed by atoms with E-state index in [0.717, 1.165) is 0 Å². The van der Waals surface area contributed by atoms with Gasteiger partial charge >= 0.3 is 0 Å². The van der Waals surface area contributed by atoms with E-state index in [0.29, 0.717) is 15.5 Å². The van der Waals surface area contributed by atoms with Crippen LogP contribution >= 0.6 is 57.9 Å². The monoisotopic (exact) mass is 406 g/mol. The van der Waals surface area contributed by atoms with Crippen LogP contribution in [0.2, 0.25) is 5.15 Å². The number of hydrogen-bond acceptors (Lipinski definition) is 2. The fraction of sp³-hybridized carbons (Fsp3) is 0. The number of fused-ring (bicyclic) bond motifs is 1. The van der Waals surface area contributed by atoms with Crippen molar-refractivity contribution in [3.05, 3.63) is 27.7 Å². The number of nitrogens with zero attached hydrogens (tertiary/aromatic N) is 2. The van der Waals surface area contributed by atoms with Gasteiger partial charge in [0, 0.05) is 47.1 Å². The maximum atomic E-state index is 13.5. The molecular weight excluding hydrogens is 405 g/mol. The molecule has 0 radical (unpaired) electrons. The molecule has 2 aromatic heterocycles. The van der Waals surface area contributed by atoms with Crippen LogP contribution < -0.4 is 0 Å². The van der Waals surface area contributed by atoms with Gasteiger partial charge in [0.1, 0.15) is 11.0 Å². The number of halogens is 4. The molecule has 2 aromatic rings. The van der Waals surface area contributed by atoms with E-state index in [2.05, 4.69) is 42.1 Å². The van der Waals surface area contributed by atoms with Crippen molar-refractivity contribution < 1.29 is 4.39 Å². The van der Waals surface area contributed by atoms with Gasteiger partial charge in [0.25, 0.3) is 0 Å². The van der Waals surface area contributed by atoms with E-state index in [-0.39, 0.29) is 11.0 Å². The zero-order valence-electron chi connectivity index (χ0n) is 6.47. The maximum Gasteiger partial charge on any atom is 0.156 e. The lowest BCUT2D eigenvalue weighted by atomic mass is 10.3. The third-order valence-corrected chi connectivity index (χ3v) is 4.17. The summed E-state index contributed by atoms with van der Waals surface area (Å²) in [4.78, 5) is 4.06. The molecule has 0 aliphatic rings. The highest BCUT2D eigenvalue weighted by Gasteiger charge is 2.13. The van der Waals surface area contributed by atoms with E-state index in [9.17, 15) is 4.39 Å². The van der Waals surface area contributed by atoms with Crippen molar-refractivity contribution in [2.24, 2.45) is 0 Å². The van der Waals surface area contributed by atoms with Crippen molar-refractivity contribution in [3.8, 4) is 0 Å². The SMILES string of the molecule is Fc1cc(Cl)nc2c1c(Br)cn2SI. The molecule has 2 rings (SSSR count). The summed E-state index contributed by atoms with van der Waals surface area (Å²) in [6.45, 7) is 0. The summed E-state index contributed by atoms with van der Waals surface area (Å²) in [7, 11) is 1.41. The highest BCUT2D eigenvalue weighted by atomic mass is 127. The van der Waals surface area contributed by atoms with Gasteiger partial charge in [-0.3, -0.25) is 3.97 Å². The molecule has 0 atom stereocenters. The van der Waals surface area contributed by atoms with E-state index in [1.165, 1.54) is 15.2 Å². The van der Waals surface area contributed by atoms with Crippen molar-refractivity contribution in [1.82, 2.24) is 8.96 Å². The van der Waals surface area contributed by atoms with Crippen molar-refractivity contribution >= 4 is 68.9 Å². The third kappa shape index (κ3) is 1.77. The number of rotatable bonds is 1. The Hall–Kier alpha value is 0.470. The van der Waals surface area contributed by atoms with Crippen molar-refractivity contribution in [2.75, 3.05) is 0 Å². The minimum Gasteiger partial charge on any atom is -0.265 e. The first kappa shape index (κ1) is 11.0. The lowest BCUT2D eigenvalue weighted by Gasteiger charge is -1.97. The predicted octanol–water partition coefficient (Wildman–Crippen LogP) is 4.44. The van der Waals surface area contributed by atoms with E-state index in [4.69, 9.17) is 11.6 Å². The van der Waals surface area contributed by atoms with E-state index >= 15 is 0 Å². The largest absolute Gasteiger partial charge is 0.265 e. The number of pyridine rings is 1. The topological polar surface area (TPSA) is 17.8 Å². The van der Waals surface area contributed by atoms with Crippen molar-refractivity contribution in [3.63, 3.8) is 0 Å². The van der Waals surface area contributed by atoms with Gasteiger partial charge in [0.15, 0.2) is 5.65 Å². The summed E-state index contributed by atoms with van der Waals surface area (Å²) < 4.78 is 15.9. The molecule has 0 unspecified atom stereocenters. The summed E-state index contributed by atoms with van der Waals surface area (Å²) in [6.07, 6.45) is 1.76. The molecule has 0 fully saturated rings. The Morgan fingerprint density at radius 2 is 2.36 bits per heavy atom. The van der Waals surface area contributed by atoms with E-state index in [1.807, 2.05) is 0 Å². The van der Waals surface area contributed by atoms with Gasteiger partial charge in [-0.05, 0) is 15.9 Å². The molecule has 0 aromatic carbocycles. The first-order valence-electron chi connectivity index (χ1n) is 3.45. The molecule has 0 saturated heterocycles. The Balaban J connectivity index is 2.89. The quantitative estimate of drug-likeness (QED) is 0.514. The average molecular weight is 407 g/mol. The smallest absolute Gasteiger partial charge is 0.156 e. The molecule has 0 spiro atoms. The first-order valence-corrected chi connectivity index (χ1v) is 7.94. The molecule has 74 valence electrons. The molecule has 0 amide bonds. The zero-order valence-corrected chi connectivity index (χ0v) is 11.8. The molecular formula is C7H2BrClFIN2S. The average Bonchev–Trinajstić information content (AvgIpc) is 2.42. The zero-order chi connectivity index (χ0) is 10.3. The fourth-order valence-corrected chi connectivity index (χ4v) is 3.26. The highest BCUT2D eigenvalue weighted by molar-refractivity contribution is 14.2. The van der Waals surface area contributed by atoms with Gasteiger partial charge in [-0.1, -0.05) is 11.6 Å². The van der Waals surface area contributed by atoms with Crippen LogP contribution in [0.1, 0.15) is 0 Å². The Kier molecular flexibility index (Phi) is 3.25. The summed E-state index contributed by atoms with van der Waals surface area (Å²) in [5.41, 5.74) is 0.529. The van der Waals surface area contributed by atoms with Crippen LogP contribution in [0.25, 0.3) is 11.0 Å². The fourth-order valence-electron chi connectivity index (χ4n) is 1.13. The highest BCUT2D eigenvalue weighted by Crippen LogP contribution is 2.33. The van der Waals surface area contributed by atoms with E-state index in [1.54, 1.807) is 10.2 Å². The summed E-state index contributed by atoms with van der Waals surface area (Å²) in [5.74, 6) is -0.365. The van der Waals surface area contributed by atoms with Crippen LogP contribution in [0.5, 0.6) is 0 Å². The molecule has 2 heterocycles. The predicted molar refractivity (Wildman–Crippen MR) is 69.4 cm³/mol. The lowest BCUT2D eigenvalue weighted by Crippen LogP contribution is -1.87. The van der Waals surface area contributed by atoms with Crippen LogP contribution in [0.4, 0.5) is 4.39 Å². The standard InChI is InChI=1S/C7H2BrClFIN2S/c8-3-2-13(14-11)7-6(3)4(10)1-5(9)12-7/h1-2H. The first-order chi connectivity index (χ1) is 6.63. The number of aromatic nitrogens is 2. The van der Waals surface area contributed by atoms with Gasteiger partial charge in [-0.25, -0.2) is 9.37 Å². The number of hydrogen-bond donors (Lipinski definition) is 0. The molecule has 0 saturated carbocycles. The van der Waals surface area contributed by atoms with Crippen LogP contribution in [0, 0.1) is 5.82 Å². The molecule has 0 bridgehead atoms. The molecule has 0 N–H and O–H groups in total. The second-order valence-electron chi connectivity index (χ2n) is 2.50. The molecule has 7 heteroatoms. The third-order valence-electron chi connectivity index (χ3n) is 1.67. The van der Waals surface area contributed by atoms with Crippen LogP contribution in [-0.2, 0) is 0 Å². The molecule has 0 aliphatic carbocycles. The van der Waals surface area contributed by atoms with Gasteiger partial charge in [-0.2, -0.15) is 0 Å². The van der Waals surface area contributed by atoms with Crippen LogP contribution in [0.15, 0.2) is 16.7 Å². The summed E-state index contributed by atoms with van der Waals surface area (Å²) in [5, 5.41) is 0.617. The Labute approximate surface area is 109 Å². The minimum absolute atomic E-state index is 0.160. The Bertz CT molecular complexity index is 504. The summed E-state index contributed by atoms with van der Waals surface area (Å²) >= 11 is 11.0. The minimum atomic E-state index is -0.365. The summed E-state index contributed by atoms with van der Waals surface area (Å²) in [6, 6.07) is 1.21.